The molecular weight excluding hydrogens is 302 g/mol. The Morgan fingerprint density at radius 1 is 1.42 bits per heavy atom. The largest absolute Gasteiger partial charge is 0.353 e. The van der Waals surface area contributed by atoms with Gasteiger partial charge in [0.2, 0.25) is 0 Å². The zero-order valence-corrected chi connectivity index (χ0v) is 13.5. The van der Waals surface area contributed by atoms with Gasteiger partial charge < -0.3 is 10.6 Å². The van der Waals surface area contributed by atoms with E-state index >= 15 is 0 Å². The van der Waals surface area contributed by atoms with E-state index in [9.17, 15) is 0 Å². The number of rotatable bonds is 5. The van der Waals surface area contributed by atoms with Crippen molar-refractivity contribution in [2.24, 2.45) is 11.7 Å². The summed E-state index contributed by atoms with van der Waals surface area (Å²) in [5, 5.41) is 0. The van der Waals surface area contributed by atoms with Crippen LogP contribution in [0.1, 0.15) is 45.1 Å². The van der Waals surface area contributed by atoms with Gasteiger partial charge in [-0.25, -0.2) is 4.98 Å². The highest BCUT2D eigenvalue weighted by molar-refractivity contribution is 9.10. The van der Waals surface area contributed by atoms with Crippen LogP contribution in [0.2, 0.25) is 0 Å². The molecule has 0 saturated heterocycles. The maximum absolute atomic E-state index is 5.90. The third-order valence-corrected chi connectivity index (χ3v) is 4.16. The molecule has 1 saturated carbocycles. The Hall–Kier alpha value is -0.610. The van der Waals surface area contributed by atoms with Crippen molar-refractivity contribution in [1.29, 1.82) is 0 Å². The minimum absolute atomic E-state index is 0.545. The Morgan fingerprint density at radius 3 is 2.68 bits per heavy atom. The molecule has 19 heavy (non-hydrogen) atoms. The molecule has 1 heterocycles. The van der Waals surface area contributed by atoms with Gasteiger partial charge in [-0.05, 0) is 40.8 Å². The summed E-state index contributed by atoms with van der Waals surface area (Å²) < 4.78 is 1.01. The second-order valence-electron chi connectivity index (χ2n) is 5.82. The van der Waals surface area contributed by atoms with Crippen LogP contribution in [0.4, 0.5) is 5.82 Å². The van der Waals surface area contributed by atoms with Crippen LogP contribution >= 0.6 is 15.9 Å². The standard InChI is InChI=1S/C15H24BrN3/c1-11(2)10-19(14-5-3-4-6-14)15-12(8-17)7-13(16)9-18-15/h7,9,11,14H,3-6,8,10,17H2,1-2H3. The Balaban J connectivity index is 2.30. The molecule has 1 aromatic rings. The van der Waals surface area contributed by atoms with Crippen LogP contribution in [0.25, 0.3) is 0 Å². The van der Waals surface area contributed by atoms with Crippen LogP contribution in [0.3, 0.4) is 0 Å². The molecule has 1 fully saturated rings. The number of nitrogens with two attached hydrogens (primary N) is 1. The molecule has 2 N–H and O–H groups in total. The van der Waals surface area contributed by atoms with Gasteiger partial charge in [-0.15, -0.1) is 0 Å². The maximum atomic E-state index is 5.90. The van der Waals surface area contributed by atoms with E-state index in [2.05, 4.69) is 45.7 Å². The van der Waals surface area contributed by atoms with Gasteiger partial charge in [0.1, 0.15) is 5.82 Å². The van der Waals surface area contributed by atoms with Crippen LogP contribution in [0.5, 0.6) is 0 Å². The lowest BCUT2D eigenvalue weighted by molar-refractivity contribution is 0.529. The second kappa shape index (κ2) is 6.71. The molecule has 2 rings (SSSR count). The summed E-state index contributed by atoms with van der Waals surface area (Å²) in [7, 11) is 0. The minimum Gasteiger partial charge on any atom is -0.353 e. The number of hydrogen-bond acceptors (Lipinski definition) is 3. The molecule has 0 amide bonds. The number of hydrogen-bond donors (Lipinski definition) is 1. The lowest BCUT2D eigenvalue weighted by Crippen LogP contribution is -2.37. The Kier molecular flexibility index (Phi) is 5.22. The molecule has 0 atom stereocenters. The first-order chi connectivity index (χ1) is 9.11. The highest BCUT2D eigenvalue weighted by Gasteiger charge is 2.25. The molecule has 0 aromatic carbocycles. The lowest BCUT2D eigenvalue weighted by atomic mass is 10.1. The average molecular weight is 326 g/mol. The van der Waals surface area contributed by atoms with Crippen molar-refractivity contribution in [2.45, 2.75) is 52.1 Å². The van der Waals surface area contributed by atoms with E-state index in [1.165, 1.54) is 25.7 Å². The van der Waals surface area contributed by atoms with Crippen LogP contribution < -0.4 is 10.6 Å². The highest BCUT2D eigenvalue weighted by Crippen LogP contribution is 2.30. The van der Waals surface area contributed by atoms with Gasteiger partial charge >= 0.3 is 0 Å². The fraction of sp³-hybridized carbons (Fsp3) is 0.667. The molecule has 106 valence electrons. The van der Waals surface area contributed by atoms with E-state index in [1.54, 1.807) is 0 Å². The number of halogens is 1. The van der Waals surface area contributed by atoms with E-state index in [4.69, 9.17) is 5.73 Å². The predicted molar refractivity (Wildman–Crippen MR) is 84.3 cm³/mol. The molecule has 0 unspecified atom stereocenters. The summed E-state index contributed by atoms with van der Waals surface area (Å²) in [6, 6.07) is 2.74. The average Bonchev–Trinajstić information content (AvgIpc) is 2.89. The zero-order chi connectivity index (χ0) is 13.8. The summed E-state index contributed by atoms with van der Waals surface area (Å²) in [6.07, 6.45) is 7.14. The van der Waals surface area contributed by atoms with Gasteiger partial charge in [0.15, 0.2) is 0 Å². The van der Waals surface area contributed by atoms with E-state index in [-0.39, 0.29) is 0 Å². The van der Waals surface area contributed by atoms with Gasteiger partial charge in [-0.3, -0.25) is 0 Å². The molecule has 0 spiro atoms. The molecule has 4 heteroatoms. The summed E-state index contributed by atoms with van der Waals surface area (Å²) >= 11 is 3.48. The molecule has 0 aliphatic heterocycles. The van der Waals surface area contributed by atoms with Gasteiger partial charge in [0, 0.05) is 35.4 Å². The van der Waals surface area contributed by atoms with Crippen molar-refractivity contribution in [2.75, 3.05) is 11.4 Å². The summed E-state index contributed by atoms with van der Waals surface area (Å²) in [6.45, 7) is 6.14. The third kappa shape index (κ3) is 3.69. The van der Waals surface area contributed by atoms with Crippen LogP contribution in [-0.4, -0.2) is 17.6 Å². The number of anilines is 1. The first-order valence-electron chi connectivity index (χ1n) is 7.23. The fourth-order valence-corrected chi connectivity index (χ4v) is 3.28. The van der Waals surface area contributed by atoms with Crippen molar-refractivity contribution in [1.82, 2.24) is 4.98 Å². The SMILES string of the molecule is CC(C)CN(c1ncc(Br)cc1CN)C1CCCC1. The first-order valence-corrected chi connectivity index (χ1v) is 8.02. The first kappa shape index (κ1) is 14.8. The topological polar surface area (TPSA) is 42.2 Å². The molecule has 0 radical (unpaired) electrons. The molecule has 1 aromatic heterocycles. The smallest absolute Gasteiger partial charge is 0.133 e. The normalized spacial score (nSPS) is 16.3. The summed E-state index contributed by atoms with van der Waals surface area (Å²) in [5.74, 6) is 1.72. The van der Waals surface area contributed by atoms with Crippen LogP contribution in [0, 0.1) is 5.92 Å². The second-order valence-corrected chi connectivity index (χ2v) is 6.74. The summed E-state index contributed by atoms with van der Waals surface area (Å²) in [4.78, 5) is 7.14. The summed E-state index contributed by atoms with van der Waals surface area (Å²) in [5.41, 5.74) is 7.04. The Labute approximate surface area is 124 Å². The van der Waals surface area contributed by atoms with E-state index in [1.807, 2.05) is 6.20 Å². The van der Waals surface area contributed by atoms with Gasteiger partial charge in [-0.1, -0.05) is 26.7 Å². The molecule has 0 bridgehead atoms. The van der Waals surface area contributed by atoms with Crippen molar-refractivity contribution in [3.63, 3.8) is 0 Å². The molecule has 3 nitrogen and oxygen atoms in total. The monoisotopic (exact) mass is 325 g/mol. The number of aromatic nitrogens is 1. The lowest BCUT2D eigenvalue weighted by Gasteiger charge is -2.33. The maximum Gasteiger partial charge on any atom is 0.133 e. The van der Waals surface area contributed by atoms with E-state index in [0.717, 1.165) is 22.4 Å². The Morgan fingerprint density at radius 2 is 2.11 bits per heavy atom. The predicted octanol–water partition coefficient (Wildman–Crippen LogP) is 3.71. The molecule has 1 aliphatic carbocycles. The van der Waals surface area contributed by atoms with E-state index in [0.29, 0.717) is 18.5 Å². The van der Waals surface area contributed by atoms with Crippen molar-refractivity contribution >= 4 is 21.7 Å². The van der Waals surface area contributed by atoms with Gasteiger partial charge in [0.25, 0.3) is 0 Å². The fourth-order valence-electron chi connectivity index (χ4n) is 2.90. The van der Waals surface area contributed by atoms with Crippen molar-refractivity contribution in [3.05, 3.63) is 22.3 Å². The minimum atomic E-state index is 0.545. The quantitative estimate of drug-likeness (QED) is 0.897. The zero-order valence-electron chi connectivity index (χ0n) is 11.9. The Bertz CT molecular complexity index is 414. The number of pyridine rings is 1. The highest BCUT2D eigenvalue weighted by atomic mass is 79.9. The third-order valence-electron chi connectivity index (χ3n) is 3.73. The van der Waals surface area contributed by atoms with Crippen LogP contribution in [-0.2, 0) is 6.54 Å². The van der Waals surface area contributed by atoms with Gasteiger partial charge in [0.05, 0.1) is 0 Å². The van der Waals surface area contributed by atoms with Crippen molar-refractivity contribution < 1.29 is 0 Å². The van der Waals surface area contributed by atoms with E-state index < -0.39 is 0 Å². The molecule has 1 aliphatic rings. The van der Waals surface area contributed by atoms with Crippen molar-refractivity contribution in [3.8, 4) is 0 Å². The van der Waals surface area contributed by atoms with Crippen LogP contribution in [0.15, 0.2) is 16.7 Å². The number of nitrogens with zero attached hydrogens (tertiary/aromatic N) is 2. The molecular formula is C15H24BrN3. The van der Waals surface area contributed by atoms with Gasteiger partial charge in [-0.2, -0.15) is 0 Å².